The van der Waals surface area contributed by atoms with Gasteiger partial charge in [0.1, 0.15) is 0 Å². The third kappa shape index (κ3) is 2.96. The number of anilines is 1. The highest BCUT2D eigenvalue weighted by Crippen LogP contribution is 2.20. The lowest BCUT2D eigenvalue weighted by Gasteiger charge is -2.03. The zero-order chi connectivity index (χ0) is 12.1. The molecule has 0 aliphatic carbocycles. The number of benzene rings is 1. The van der Waals surface area contributed by atoms with Crippen LogP contribution in [0.4, 0.5) is 5.69 Å². The first kappa shape index (κ1) is 12.0. The molecule has 0 spiro atoms. The number of nitrogens with one attached hydrogen (secondary N) is 1. The van der Waals surface area contributed by atoms with E-state index in [-0.39, 0.29) is 0 Å². The number of carbonyl (C=O) groups is 2. The summed E-state index contributed by atoms with van der Waals surface area (Å²) in [6, 6.07) is 6.66. The number of hydrazone groups is 1. The first-order valence-electron chi connectivity index (χ1n) is 4.20. The Labute approximate surface area is 96.2 Å². The summed E-state index contributed by atoms with van der Waals surface area (Å²) in [6.45, 7) is 0. The van der Waals surface area contributed by atoms with E-state index < -0.39 is 17.5 Å². The van der Waals surface area contributed by atoms with E-state index in [1.54, 1.807) is 24.3 Å². The molecule has 0 unspecified atom stereocenters. The molecule has 5 N–H and O–H groups in total. The van der Waals surface area contributed by atoms with Crippen molar-refractivity contribution in [3.8, 4) is 0 Å². The Morgan fingerprint density at radius 1 is 1.19 bits per heavy atom. The van der Waals surface area contributed by atoms with Crippen LogP contribution in [-0.2, 0) is 9.59 Å². The topological polar surface area (TPSA) is 111 Å². The van der Waals surface area contributed by atoms with Crippen molar-refractivity contribution in [3.05, 3.63) is 29.3 Å². The van der Waals surface area contributed by atoms with Crippen molar-refractivity contribution in [2.45, 2.75) is 0 Å². The van der Waals surface area contributed by atoms with Crippen molar-refractivity contribution in [1.82, 2.24) is 0 Å². The number of carbonyl (C=O) groups excluding carboxylic acids is 2. The molecule has 0 atom stereocenters. The number of para-hydroxylation sites is 1. The molecule has 0 radical (unpaired) electrons. The number of hydrogen-bond acceptors (Lipinski definition) is 4. The fourth-order valence-corrected chi connectivity index (χ4v) is 1.08. The van der Waals surface area contributed by atoms with Crippen molar-refractivity contribution < 1.29 is 9.59 Å². The van der Waals surface area contributed by atoms with Crippen LogP contribution in [0.2, 0.25) is 5.02 Å². The fourth-order valence-electron chi connectivity index (χ4n) is 0.900. The monoisotopic (exact) mass is 240 g/mol. The Bertz CT molecular complexity index is 443. The Kier molecular flexibility index (Phi) is 3.84. The van der Waals surface area contributed by atoms with Gasteiger partial charge in [0.25, 0.3) is 11.8 Å². The van der Waals surface area contributed by atoms with Crippen molar-refractivity contribution in [2.24, 2.45) is 16.6 Å². The number of rotatable bonds is 4. The number of primary amides is 2. The summed E-state index contributed by atoms with van der Waals surface area (Å²) in [4.78, 5) is 21.5. The molecule has 0 saturated carbocycles. The van der Waals surface area contributed by atoms with Gasteiger partial charge in [-0.25, -0.2) is 0 Å². The molecular formula is C9H9ClN4O2. The summed E-state index contributed by atoms with van der Waals surface area (Å²) in [6.07, 6.45) is 0. The van der Waals surface area contributed by atoms with Gasteiger partial charge in [0.15, 0.2) is 0 Å². The first-order valence-corrected chi connectivity index (χ1v) is 4.58. The van der Waals surface area contributed by atoms with Crippen LogP contribution in [0.5, 0.6) is 0 Å². The maximum Gasteiger partial charge on any atom is 0.274 e. The van der Waals surface area contributed by atoms with E-state index in [0.29, 0.717) is 10.7 Å². The predicted molar refractivity (Wildman–Crippen MR) is 60.9 cm³/mol. The molecule has 6 nitrogen and oxygen atoms in total. The van der Waals surface area contributed by atoms with Gasteiger partial charge in [-0.1, -0.05) is 23.7 Å². The van der Waals surface area contributed by atoms with Crippen LogP contribution in [0.1, 0.15) is 0 Å². The highest BCUT2D eigenvalue weighted by Gasteiger charge is 2.13. The molecule has 0 aliphatic rings. The lowest BCUT2D eigenvalue weighted by molar-refractivity contribution is -0.115. The first-order chi connectivity index (χ1) is 7.52. The highest BCUT2D eigenvalue weighted by atomic mass is 35.5. The second-order valence-electron chi connectivity index (χ2n) is 2.78. The highest BCUT2D eigenvalue weighted by molar-refractivity contribution is 6.64. The van der Waals surface area contributed by atoms with Crippen LogP contribution in [-0.4, -0.2) is 17.5 Å². The zero-order valence-electron chi connectivity index (χ0n) is 8.11. The van der Waals surface area contributed by atoms with Crippen LogP contribution >= 0.6 is 11.6 Å². The Hall–Kier alpha value is -2.08. The van der Waals surface area contributed by atoms with Gasteiger partial charge in [0.2, 0.25) is 5.71 Å². The quantitative estimate of drug-likeness (QED) is 0.394. The van der Waals surface area contributed by atoms with Gasteiger partial charge < -0.3 is 11.5 Å². The van der Waals surface area contributed by atoms with E-state index in [1.807, 2.05) is 0 Å². The third-order valence-electron chi connectivity index (χ3n) is 1.63. The van der Waals surface area contributed by atoms with E-state index in [0.717, 1.165) is 0 Å². The molecule has 16 heavy (non-hydrogen) atoms. The number of halogens is 1. The van der Waals surface area contributed by atoms with Crippen LogP contribution in [0.25, 0.3) is 0 Å². The molecule has 2 amide bonds. The summed E-state index contributed by atoms with van der Waals surface area (Å²) < 4.78 is 0. The Morgan fingerprint density at radius 3 is 2.25 bits per heavy atom. The number of nitrogens with zero attached hydrogens (tertiary/aromatic N) is 1. The lowest BCUT2D eigenvalue weighted by atomic mass is 10.3. The van der Waals surface area contributed by atoms with E-state index >= 15 is 0 Å². The van der Waals surface area contributed by atoms with E-state index in [1.165, 1.54) is 0 Å². The van der Waals surface area contributed by atoms with Crippen LogP contribution in [0.3, 0.4) is 0 Å². The fraction of sp³-hybridized carbons (Fsp3) is 0. The number of hydrogen-bond donors (Lipinski definition) is 3. The van der Waals surface area contributed by atoms with Gasteiger partial charge in [0, 0.05) is 0 Å². The lowest BCUT2D eigenvalue weighted by Crippen LogP contribution is -2.36. The second kappa shape index (κ2) is 5.13. The van der Waals surface area contributed by atoms with Crippen molar-refractivity contribution in [1.29, 1.82) is 0 Å². The maximum atomic E-state index is 10.8. The standard InChI is InChI=1S/C9H9ClN4O2/c10-5-3-1-2-4-6(5)13-14-7(8(11)15)9(12)16/h1-4,13H,(H2,11,15)(H2,12,16). The molecule has 1 aromatic rings. The van der Waals surface area contributed by atoms with Crippen LogP contribution in [0, 0.1) is 0 Å². The number of nitrogens with two attached hydrogens (primary N) is 2. The minimum absolute atomic E-state index is 0.388. The molecule has 0 bridgehead atoms. The van der Waals surface area contributed by atoms with E-state index in [4.69, 9.17) is 23.1 Å². The molecule has 0 fully saturated rings. The molecule has 7 heteroatoms. The second-order valence-corrected chi connectivity index (χ2v) is 3.19. The van der Waals surface area contributed by atoms with Gasteiger partial charge in [0.05, 0.1) is 10.7 Å². The van der Waals surface area contributed by atoms with Crippen molar-refractivity contribution in [3.63, 3.8) is 0 Å². The van der Waals surface area contributed by atoms with Crippen molar-refractivity contribution >= 4 is 34.8 Å². The molecular weight excluding hydrogens is 232 g/mol. The summed E-state index contributed by atoms with van der Waals surface area (Å²) in [5, 5.41) is 3.88. The average Bonchev–Trinajstić information content (AvgIpc) is 2.20. The largest absolute Gasteiger partial charge is 0.364 e. The minimum Gasteiger partial charge on any atom is -0.364 e. The summed E-state index contributed by atoms with van der Waals surface area (Å²) in [5.74, 6) is -2.01. The SMILES string of the molecule is NC(=O)C(=NNc1ccccc1Cl)C(N)=O. The van der Waals surface area contributed by atoms with Gasteiger partial charge in [-0.3, -0.25) is 15.0 Å². The smallest absolute Gasteiger partial charge is 0.274 e. The molecule has 0 aromatic heterocycles. The maximum absolute atomic E-state index is 10.8. The van der Waals surface area contributed by atoms with Crippen molar-refractivity contribution in [2.75, 3.05) is 5.43 Å². The summed E-state index contributed by atoms with van der Waals surface area (Å²) in [7, 11) is 0. The molecule has 84 valence electrons. The predicted octanol–water partition coefficient (Wildman–Crippen LogP) is 0.0785. The van der Waals surface area contributed by atoms with Gasteiger partial charge in [-0.2, -0.15) is 5.10 Å². The third-order valence-corrected chi connectivity index (χ3v) is 1.96. The average molecular weight is 241 g/mol. The summed E-state index contributed by atoms with van der Waals surface area (Å²) >= 11 is 5.80. The molecule has 1 rings (SSSR count). The molecule has 1 aromatic carbocycles. The van der Waals surface area contributed by atoms with Crippen LogP contribution < -0.4 is 16.9 Å². The molecule has 0 saturated heterocycles. The zero-order valence-corrected chi connectivity index (χ0v) is 8.86. The normalized spacial score (nSPS) is 9.31. The number of amides is 2. The van der Waals surface area contributed by atoms with E-state index in [2.05, 4.69) is 10.5 Å². The minimum atomic E-state index is -1.01. The van der Waals surface area contributed by atoms with E-state index in [9.17, 15) is 9.59 Å². The van der Waals surface area contributed by atoms with Gasteiger partial charge >= 0.3 is 0 Å². The van der Waals surface area contributed by atoms with Crippen LogP contribution in [0.15, 0.2) is 29.4 Å². The van der Waals surface area contributed by atoms with Gasteiger partial charge in [-0.15, -0.1) is 0 Å². The Morgan fingerprint density at radius 2 is 1.75 bits per heavy atom. The molecule has 0 heterocycles. The Balaban J connectivity index is 2.90. The summed E-state index contributed by atoms with van der Waals surface area (Å²) in [5.41, 5.74) is 12.1. The molecule has 0 aliphatic heterocycles. The van der Waals surface area contributed by atoms with Gasteiger partial charge in [-0.05, 0) is 12.1 Å².